The number of piperazine rings is 2. The van der Waals surface area contributed by atoms with E-state index in [1.165, 1.54) is 11.3 Å². The smallest absolute Gasteiger partial charge is 0.252 e. The standard InChI is InChI=1S/C25H36N4O4S2/c1-18(2)23-24(30)26-11-12-27(23)16-21-17-28(35(32,33)22-6-5-15-34-22)13-14-29(21)20-9-7-19(8-10-20)25(3,4)31/h5-10,15,18,21,23,31H,11-14,16-17H2,1-4H3,(H,26,30)/t21-,23?/m0/s1. The number of carbonyl (C=O) groups is 1. The minimum atomic E-state index is -3.57. The zero-order valence-electron chi connectivity index (χ0n) is 20.8. The van der Waals surface area contributed by atoms with Gasteiger partial charge in [0.25, 0.3) is 10.0 Å². The van der Waals surface area contributed by atoms with E-state index in [2.05, 4.69) is 15.1 Å². The highest BCUT2D eigenvalue weighted by Crippen LogP contribution is 2.29. The molecule has 2 atom stereocenters. The van der Waals surface area contributed by atoms with Crippen LogP contribution in [-0.4, -0.2) is 80.0 Å². The van der Waals surface area contributed by atoms with Crippen LogP contribution in [0, 0.1) is 5.92 Å². The highest BCUT2D eigenvalue weighted by atomic mass is 32.2. The number of sulfonamides is 1. The van der Waals surface area contributed by atoms with Crippen LogP contribution >= 0.6 is 11.3 Å². The first-order valence-corrected chi connectivity index (χ1v) is 14.5. The number of hydrogen-bond donors (Lipinski definition) is 2. The fourth-order valence-corrected chi connectivity index (χ4v) is 7.68. The average molecular weight is 521 g/mol. The van der Waals surface area contributed by atoms with E-state index in [1.807, 2.05) is 38.1 Å². The van der Waals surface area contributed by atoms with E-state index in [9.17, 15) is 18.3 Å². The van der Waals surface area contributed by atoms with Crippen LogP contribution in [0.15, 0.2) is 46.0 Å². The maximum atomic E-state index is 13.3. The molecule has 0 aliphatic carbocycles. The van der Waals surface area contributed by atoms with Crippen molar-refractivity contribution in [3.05, 3.63) is 47.3 Å². The number of anilines is 1. The Morgan fingerprint density at radius 3 is 2.46 bits per heavy atom. The first kappa shape index (κ1) is 26.1. The highest BCUT2D eigenvalue weighted by Gasteiger charge is 2.39. The predicted octanol–water partition coefficient (Wildman–Crippen LogP) is 2.31. The average Bonchev–Trinajstić information content (AvgIpc) is 3.34. The summed E-state index contributed by atoms with van der Waals surface area (Å²) in [5.74, 6) is 0.176. The summed E-state index contributed by atoms with van der Waals surface area (Å²) in [4.78, 5) is 17.1. The first-order valence-electron chi connectivity index (χ1n) is 12.1. The van der Waals surface area contributed by atoms with E-state index in [0.717, 1.165) is 17.8 Å². The Morgan fingerprint density at radius 1 is 1.14 bits per heavy atom. The van der Waals surface area contributed by atoms with Crippen LogP contribution in [-0.2, 0) is 20.4 Å². The van der Waals surface area contributed by atoms with E-state index in [4.69, 9.17) is 0 Å². The molecule has 2 aliphatic rings. The molecule has 35 heavy (non-hydrogen) atoms. The number of amides is 1. The topological polar surface area (TPSA) is 93.2 Å². The first-order chi connectivity index (χ1) is 16.5. The lowest BCUT2D eigenvalue weighted by atomic mass is 9.97. The number of carbonyl (C=O) groups excluding carboxylic acids is 1. The maximum Gasteiger partial charge on any atom is 0.252 e. The van der Waals surface area contributed by atoms with E-state index in [1.54, 1.807) is 35.7 Å². The molecular formula is C25H36N4O4S2. The van der Waals surface area contributed by atoms with Crippen LogP contribution in [0.1, 0.15) is 33.3 Å². The fourth-order valence-electron chi connectivity index (χ4n) is 5.07. The number of thiophene rings is 1. The summed E-state index contributed by atoms with van der Waals surface area (Å²) in [7, 11) is -3.57. The summed E-state index contributed by atoms with van der Waals surface area (Å²) in [6.45, 7) is 10.8. The molecule has 192 valence electrons. The SMILES string of the molecule is CC(C)C1C(=O)NCCN1C[C@H]1CN(S(=O)(=O)c2cccs2)CCN1c1ccc(C(C)(C)O)cc1. The van der Waals surface area contributed by atoms with Gasteiger partial charge in [0.05, 0.1) is 17.7 Å². The van der Waals surface area contributed by atoms with Crippen molar-refractivity contribution in [3.63, 3.8) is 0 Å². The summed E-state index contributed by atoms with van der Waals surface area (Å²) in [6.07, 6.45) is 0. The Bertz CT molecular complexity index is 1110. The molecule has 0 bridgehead atoms. The van der Waals surface area contributed by atoms with Crippen molar-refractivity contribution in [1.82, 2.24) is 14.5 Å². The monoisotopic (exact) mass is 520 g/mol. The van der Waals surface area contributed by atoms with Gasteiger partial charge in [-0.3, -0.25) is 9.69 Å². The molecule has 2 N–H and O–H groups in total. The van der Waals surface area contributed by atoms with Gasteiger partial charge in [0.1, 0.15) is 4.21 Å². The van der Waals surface area contributed by atoms with Crippen LogP contribution in [0.5, 0.6) is 0 Å². The minimum Gasteiger partial charge on any atom is -0.386 e. The second-order valence-electron chi connectivity index (χ2n) is 10.2. The Labute approximate surface area is 212 Å². The normalized spacial score (nSPS) is 23.0. The number of rotatable bonds is 7. The van der Waals surface area contributed by atoms with Gasteiger partial charge in [0, 0.05) is 45.0 Å². The third-order valence-electron chi connectivity index (χ3n) is 6.88. The molecule has 1 unspecified atom stereocenters. The van der Waals surface area contributed by atoms with Crippen LogP contribution < -0.4 is 10.2 Å². The van der Waals surface area contributed by atoms with Gasteiger partial charge in [0.2, 0.25) is 5.91 Å². The molecule has 2 saturated heterocycles. The molecule has 0 radical (unpaired) electrons. The Hall–Kier alpha value is -1.98. The van der Waals surface area contributed by atoms with Crippen LogP contribution in [0.2, 0.25) is 0 Å². The van der Waals surface area contributed by atoms with Crippen LogP contribution in [0.4, 0.5) is 5.69 Å². The molecule has 0 spiro atoms. The molecule has 2 aliphatic heterocycles. The van der Waals surface area contributed by atoms with Crippen molar-refractivity contribution in [2.45, 2.75) is 49.6 Å². The lowest BCUT2D eigenvalue weighted by molar-refractivity contribution is -0.130. The van der Waals surface area contributed by atoms with Gasteiger partial charge < -0.3 is 15.3 Å². The maximum absolute atomic E-state index is 13.3. The third-order valence-corrected chi connectivity index (χ3v) is 10.1. The lowest BCUT2D eigenvalue weighted by Gasteiger charge is -2.46. The molecule has 2 aromatic rings. The second-order valence-corrected chi connectivity index (χ2v) is 13.3. The molecule has 8 nitrogen and oxygen atoms in total. The molecular weight excluding hydrogens is 484 g/mol. The molecule has 2 fully saturated rings. The van der Waals surface area contributed by atoms with E-state index in [0.29, 0.717) is 36.9 Å². The lowest BCUT2D eigenvalue weighted by Crippen LogP contribution is -2.63. The molecule has 10 heteroatoms. The van der Waals surface area contributed by atoms with Gasteiger partial charge in [0.15, 0.2) is 0 Å². The van der Waals surface area contributed by atoms with Crippen molar-refractivity contribution in [2.75, 3.05) is 44.2 Å². The summed E-state index contributed by atoms with van der Waals surface area (Å²) >= 11 is 1.24. The summed E-state index contributed by atoms with van der Waals surface area (Å²) in [5.41, 5.74) is 0.875. The zero-order valence-corrected chi connectivity index (χ0v) is 22.5. The second kappa shape index (κ2) is 10.2. The Balaban J connectivity index is 1.63. The van der Waals surface area contributed by atoms with Crippen LogP contribution in [0.3, 0.4) is 0 Å². The minimum absolute atomic E-state index is 0.0335. The number of nitrogens with zero attached hydrogens (tertiary/aromatic N) is 3. The number of aliphatic hydroxyl groups is 1. The molecule has 3 heterocycles. The highest BCUT2D eigenvalue weighted by molar-refractivity contribution is 7.91. The predicted molar refractivity (Wildman–Crippen MR) is 139 cm³/mol. The van der Waals surface area contributed by atoms with E-state index < -0.39 is 15.6 Å². The Morgan fingerprint density at radius 2 is 1.86 bits per heavy atom. The summed E-state index contributed by atoms with van der Waals surface area (Å²) in [6, 6.07) is 10.9. The fraction of sp³-hybridized carbons (Fsp3) is 0.560. The number of benzene rings is 1. The van der Waals surface area contributed by atoms with Crippen molar-refractivity contribution in [2.24, 2.45) is 5.92 Å². The quantitative estimate of drug-likeness (QED) is 0.582. The van der Waals surface area contributed by atoms with Gasteiger partial charge in [-0.2, -0.15) is 4.31 Å². The van der Waals surface area contributed by atoms with Crippen LogP contribution in [0.25, 0.3) is 0 Å². The van der Waals surface area contributed by atoms with Crippen molar-refractivity contribution >= 4 is 33.0 Å². The van der Waals surface area contributed by atoms with Crippen molar-refractivity contribution in [3.8, 4) is 0 Å². The Kier molecular flexibility index (Phi) is 7.59. The van der Waals surface area contributed by atoms with Crippen molar-refractivity contribution in [1.29, 1.82) is 0 Å². The zero-order chi connectivity index (χ0) is 25.4. The molecule has 1 amide bonds. The van der Waals surface area contributed by atoms with Crippen molar-refractivity contribution < 1.29 is 18.3 Å². The molecule has 0 saturated carbocycles. The third kappa shape index (κ3) is 5.56. The van der Waals surface area contributed by atoms with E-state index in [-0.39, 0.29) is 23.9 Å². The van der Waals surface area contributed by atoms with Gasteiger partial charge in [-0.1, -0.05) is 32.0 Å². The van der Waals surface area contributed by atoms with Gasteiger partial charge >= 0.3 is 0 Å². The van der Waals surface area contributed by atoms with E-state index >= 15 is 0 Å². The summed E-state index contributed by atoms with van der Waals surface area (Å²) < 4.78 is 28.6. The molecule has 4 rings (SSSR count). The summed E-state index contributed by atoms with van der Waals surface area (Å²) in [5, 5.41) is 15.1. The van der Waals surface area contributed by atoms with Gasteiger partial charge in [-0.15, -0.1) is 11.3 Å². The molecule has 1 aromatic carbocycles. The van der Waals surface area contributed by atoms with Gasteiger partial charge in [-0.25, -0.2) is 8.42 Å². The molecule has 1 aromatic heterocycles. The van der Waals surface area contributed by atoms with Gasteiger partial charge in [-0.05, 0) is 48.9 Å². The number of nitrogens with one attached hydrogen (secondary N) is 1. The largest absolute Gasteiger partial charge is 0.386 e. The number of hydrogen-bond acceptors (Lipinski definition) is 7.